The molecule has 11 heteroatoms. The number of hydrogen-bond donors (Lipinski definition) is 1. The second-order valence-electron chi connectivity index (χ2n) is 14.5. The van der Waals surface area contributed by atoms with E-state index in [9.17, 15) is 19.5 Å². The fourth-order valence-electron chi connectivity index (χ4n) is 7.86. The lowest BCUT2D eigenvalue weighted by atomic mass is 9.66. The minimum Gasteiger partial charge on any atom is -0.464 e. The third kappa shape index (κ3) is 6.34. The number of amides is 1. The molecule has 1 N–H and O–H groups in total. The number of halogens is 1. The molecule has 1 spiro atoms. The minimum atomic E-state index is -1.13. The highest BCUT2D eigenvalue weighted by atomic mass is 35.5. The Morgan fingerprint density at radius 1 is 1.02 bits per heavy atom. The predicted octanol–water partition coefficient (Wildman–Crippen LogP) is 8.32. The normalized spacial score (nSPS) is 19.3. The molecule has 4 heterocycles. The van der Waals surface area contributed by atoms with Gasteiger partial charge < -0.3 is 24.4 Å². The van der Waals surface area contributed by atoms with Gasteiger partial charge in [0.2, 0.25) is 5.91 Å². The number of likely N-dealkylation sites (tertiary alicyclic amines) is 1. The smallest absolute Gasteiger partial charge is 0.417 e. The van der Waals surface area contributed by atoms with E-state index in [0.717, 1.165) is 68.4 Å². The number of aromatic nitrogens is 2. The maximum absolute atomic E-state index is 13.7. The van der Waals surface area contributed by atoms with Crippen LogP contribution in [-0.4, -0.2) is 62.8 Å². The number of benzene rings is 2. The van der Waals surface area contributed by atoms with Crippen molar-refractivity contribution in [3.05, 3.63) is 83.1 Å². The first-order valence-corrected chi connectivity index (χ1v) is 17.4. The van der Waals surface area contributed by atoms with Crippen molar-refractivity contribution in [2.45, 2.75) is 70.9 Å². The average molecular weight is 685 g/mol. The molecule has 0 unspecified atom stereocenters. The van der Waals surface area contributed by atoms with Gasteiger partial charge in [0.05, 0.1) is 17.7 Å². The molecule has 2 saturated heterocycles. The molecule has 2 aromatic heterocycles. The van der Waals surface area contributed by atoms with E-state index in [1.54, 1.807) is 18.2 Å². The van der Waals surface area contributed by atoms with Crippen molar-refractivity contribution < 1.29 is 29.0 Å². The van der Waals surface area contributed by atoms with Gasteiger partial charge in [0.25, 0.3) is 0 Å². The highest BCUT2D eigenvalue weighted by Crippen LogP contribution is 2.59. The van der Waals surface area contributed by atoms with Crippen LogP contribution >= 0.6 is 11.6 Å². The van der Waals surface area contributed by atoms with Crippen molar-refractivity contribution in [3.63, 3.8) is 0 Å². The molecule has 1 atom stereocenters. The third-order valence-electron chi connectivity index (χ3n) is 10.2. The van der Waals surface area contributed by atoms with E-state index in [1.807, 2.05) is 45.0 Å². The van der Waals surface area contributed by atoms with Gasteiger partial charge in [-0.2, -0.15) is 0 Å². The number of rotatable bonds is 7. The van der Waals surface area contributed by atoms with Crippen molar-refractivity contribution in [2.75, 3.05) is 24.5 Å². The van der Waals surface area contributed by atoms with Crippen molar-refractivity contribution in [1.82, 2.24) is 14.5 Å². The van der Waals surface area contributed by atoms with Crippen LogP contribution in [0.2, 0.25) is 5.02 Å². The fourth-order valence-corrected chi connectivity index (χ4v) is 7.99. The van der Waals surface area contributed by atoms with Crippen molar-refractivity contribution in [1.29, 1.82) is 0 Å². The molecule has 4 aromatic rings. The van der Waals surface area contributed by atoms with Crippen LogP contribution in [0.1, 0.15) is 81.3 Å². The number of esters is 1. The summed E-state index contributed by atoms with van der Waals surface area (Å²) in [5.74, 6) is 0.867. The van der Waals surface area contributed by atoms with Crippen LogP contribution < -0.4 is 9.64 Å². The van der Waals surface area contributed by atoms with Gasteiger partial charge in [0.15, 0.2) is 0 Å². The highest BCUT2D eigenvalue weighted by molar-refractivity contribution is 6.30. The maximum atomic E-state index is 13.7. The summed E-state index contributed by atoms with van der Waals surface area (Å²) < 4.78 is 13.0. The number of anilines is 1. The van der Waals surface area contributed by atoms with Crippen molar-refractivity contribution >= 4 is 46.3 Å². The number of carbonyl (C=O) groups excluding carboxylic acids is 2. The number of carboxylic acid groups (broad SMARTS) is 1. The monoisotopic (exact) mass is 684 g/mol. The van der Waals surface area contributed by atoms with Crippen molar-refractivity contribution in [3.8, 4) is 11.5 Å². The summed E-state index contributed by atoms with van der Waals surface area (Å²) in [7, 11) is 0. The first kappa shape index (κ1) is 33.0. The Balaban J connectivity index is 1.08. The summed E-state index contributed by atoms with van der Waals surface area (Å²) in [5, 5.41) is 10.7. The van der Waals surface area contributed by atoms with E-state index in [0.29, 0.717) is 39.4 Å². The molecule has 2 aromatic carbocycles. The van der Waals surface area contributed by atoms with Gasteiger partial charge in [-0.15, -0.1) is 0 Å². The first-order valence-electron chi connectivity index (χ1n) is 17.0. The molecule has 256 valence electrons. The number of β-lactam (4-membered cyclic amide) rings is 1. The van der Waals surface area contributed by atoms with Crippen LogP contribution in [0, 0.1) is 11.3 Å². The molecule has 3 fully saturated rings. The maximum Gasteiger partial charge on any atom is 0.417 e. The molecule has 49 heavy (non-hydrogen) atoms. The van der Waals surface area contributed by atoms with Gasteiger partial charge in [-0.25, -0.2) is 19.1 Å². The van der Waals surface area contributed by atoms with Gasteiger partial charge in [-0.05, 0) is 94.3 Å². The van der Waals surface area contributed by atoms with Crippen LogP contribution in [0.4, 0.5) is 10.5 Å². The molecule has 1 saturated carbocycles. The molecule has 1 amide bonds. The summed E-state index contributed by atoms with van der Waals surface area (Å²) >= 11 is 6.21. The summed E-state index contributed by atoms with van der Waals surface area (Å²) in [5.41, 5.74) is 1.70. The molecule has 0 bridgehead atoms. The molecule has 2 aliphatic heterocycles. The van der Waals surface area contributed by atoms with E-state index in [1.165, 1.54) is 18.0 Å². The topological polar surface area (TPSA) is 114 Å². The molecular weight excluding hydrogens is 644 g/mol. The third-order valence-corrected chi connectivity index (χ3v) is 10.4. The van der Waals surface area contributed by atoms with Gasteiger partial charge >= 0.3 is 12.1 Å². The Morgan fingerprint density at radius 2 is 1.73 bits per heavy atom. The summed E-state index contributed by atoms with van der Waals surface area (Å²) in [4.78, 5) is 47.2. The van der Waals surface area contributed by atoms with E-state index in [-0.39, 0.29) is 17.0 Å². The Morgan fingerprint density at radius 3 is 2.41 bits per heavy atom. The van der Waals surface area contributed by atoms with E-state index in [2.05, 4.69) is 26.9 Å². The number of ether oxygens (including phenoxy) is 2. The Bertz CT molecular complexity index is 1900. The lowest BCUT2D eigenvalue weighted by Gasteiger charge is -2.56. The Kier molecular flexibility index (Phi) is 8.55. The van der Waals surface area contributed by atoms with Gasteiger partial charge in [0.1, 0.15) is 28.3 Å². The van der Waals surface area contributed by atoms with Crippen LogP contribution in [0.15, 0.2) is 67.0 Å². The number of hydrogen-bond acceptors (Lipinski definition) is 7. The molecule has 1 aliphatic carbocycles. The van der Waals surface area contributed by atoms with E-state index < -0.39 is 17.7 Å². The summed E-state index contributed by atoms with van der Waals surface area (Å²) in [6.07, 6.45) is 7.72. The zero-order chi connectivity index (χ0) is 34.5. The molecule has 3 aliphatic rings. The zero-order valence-electron chi connectivity index (χ0n) is 28.0. The van der Waals surface area contributed by atoms with E-state index in [4.69, 9.17) is 21.1 Å². The summed E-state index contributed by atoms with van der Waals surface area (Å²) in [6.45, 7) is 7.78. The zero-order valence-corrected chi connectivity index (χ0v) is 28.8. The summed E-state index contributed by atoms with van der Waals surface area (Å²) in [6, 6.07) is 17.0. The van der Waals surface area contributed by atoms with Crippen LogP contribution in [0.3, 0.4) is 0 Å². The Hall–Kier alpha value is -4.57. The number of piperidine rings is 1. The lowest BCUT2D eigenvalue weighted by Crippen LogP contribution is -2.63. The molecular formula is C38H41ClN4O6. The quantitative estimate of drug-likeness (QED) is 0.153. The minimum absolute atomic E-state index is 0.106. The first-order chi connectivity index (χ1) is 23.4. The van der Waals surface area contributed by atoms with Gasteiger partial charge in [-0.3, -0.25) is 4.79 Å². The average Bonchev–Trinajstić information content (AvgIpc) is 3.74. The second-order valence-corrected chi connectivity index (χ2v) is 15.0. The SMILES string of the molecule is CC(C)(C)OC(=O)c1ccc(N2CCC(CN3C(=O)C4(CCCC4)[C@@H]3c3ccc(Cl)cc3)CC2)cc1Oc1cnc2c(ccn2C(=O)O)c1. The molecule has 7 rings (SSSR count). The number of carbonyl (C=O) groups is 3. The van der Waals surface area contributed by atoms with Crippen LogP contribution in [0.25, 0.3) is 11.0 Å². The van der Waals surface area contributed by atoms with Gasteiger partial charge in [0, 0.05) is 48.0 Å². The molecule has 10 nitrogen and oxygen atoms in total. The van der Waals surface area contributed by atoms with Gasteiger partial charge in [-0.1, -0.05) is 36.6 Å². The van der Waals surface area contributed by atoms with Crippen molar-refractivity contribution in [2.24, 2.45) is 11.3 Å². The highest BCUT2D eigenvalue weighted by Gasteiger charge is 2.61. The molecule has 0 radical (unpaired) electrons. The number of fused-ring (bicyclic) bond motifs is 1. The standard InChI is InChI=1S/C38H41ClN4O6/c1-37(2,3)49-34(44)30-11-10-28(21-31(30)48-29-20-26-14-19-42(36(46)47)33(26)40-22-29)41-17-12-24(13-18-41)23-43-32(25-6-8-27(39)9-7-25)38(35(43)45)15-4-5-16-38/h6-11,14,19-22,24,32H,4-5,12-13,15-18,23H2,1-3H3,(H,46,47)/t32-/m0/s1. The predicted molar refractivity (Wildman–Crippen MR) is 187 cm³/mol. The largest absolute Gasteiger partial charge is 0.464 e. The van der Waals surface area contributed by atoms with E-state index >= 15 is 0 Å². The number of pyridine rings is 1. The lowest BCUT2D eigenvalue weighted by molar-refractivity contribution is -0.174. The Labute approximate surface area is 290 Å². The van der Waals surface area contributed by atoms with Crippen LogP contribution in [0.5, 0.6) is 11.5 Å². The fraction of sp³-hybridized carbons (Fsp3) is 0.421. The van der Waals surface area contributed by atoms with Crippen LogP contribution in [-0.2, 0) is 9.53 Å². The number of nitrogens with zero attached hydrogens (tertiary/aromatic N) is 4. The second kappa shape index (κ2) is 12.7.